The molecule has 3 aromatic rings. The molecule has 3 nitrogen and oxygen atoms in total. The van der Waals surface area contributed by atoms with E-state index in [0.717, 1.165) is 11.1 Å². The summed E-state index contributed by atoms with van der Waals surface area (Å²) in [5.41, 5.74) is 2.84. The van der Waals surface area contributed by atoms with Gasteiger partial charge in [0.25, 0.3) is 0 Å². The minimum Gasteiger partial charge on any atom is -0.369 e. The van der Waals surface area contributed by atoms with E-state index in [0.29, 0.717) is 36.9 Å². The van der Waals surface area contributed by atoms with Gasteiger partial charge in [-0.05, 0) is 48.9 Å². The monoisotopic (exact) mass is 453 g/mol. The molecule has 3 aromatic carbocycles. The Morgan fingerprint density at radius 2 is 1.54 bits per heavy atom. The van der Waals surface area contributed by atoms with E-state index in [4.69, 9.17) is 46.4 Å². The zero-order valence-corrected chi connectivity index (χ0v) is 17.7. The molecule has 0 fully saturated rings. The molecule has 144 valence electrons. The van der Waals surface area contributed by atoms with Gasteiger partial charge < -0.3 is 10.4 Å². The van der Waals surface area contributed by atoms with Crippen LogP contribution in [0.5, 0.6) is 0 Å². The van der Waals surface area contributed by atoms with E-state index >= 15 is 0 Å². The van der Waals surface area contributed by atoms with Gasteiger partial charge in [0.1, 0.15) is 0 Å². The molecule has 0 aliphatic carbocycles. The quantitative estimate of drug-likeness (QED) is 0.314. The van der Waals surface area contributed by atoms with Gasteiger partial charge in [-0.25, -0.2) is 0 Å². The van der Waals surface area contributed by atoms with E-state index in [1.54, 1.807) is 54.6 Å². The van der Waals surface area contributed by atoms with E-state index < -0.39 is 6.23 Å². The molecule has 0 radical (unpaired) electrons. The lowest BCUT2D eigenvalue weighted by Crippen LogP contribution is -2.13. The molecule has 1 unspecified atom stereocenters. The summed E-state index contributed by atoms with van der Waals surface area (Å²) in [4.78, 5) is 12.2. The summed E-state index contributed by atoms with van der Waals surface area (Å²) in [6, 6.07) is 15.2. The van der Waals surface area contributed by atoms with Crippen molar-refractivity contribution in [2.75, 3.05) is 5.32 Å². The van der Waals surface area contributed by atoms with Gasteiger partial charge in [-0.1, -0.05) is 64.6 Å². The molecule has 0 saturated heterocycles. The van der Waals surface area contributed by atoms with Crippen LogP contribution in [0.15, 0.2) is 54.6 Å². The molecule has 0 heterocycles. The second-order valence-electron chi connectivity index (χ2n) is 6.15. The van der Waals surface area contributed by atoms with E-state index in [1.807, 2.05) is 0 Å². The number of ketones is 1. The zero-order chi connectivity index (χ0) is 20.4. The smallest absolute Gasteiger partial charge is 0.161 e. The summed E-state index contributed by atoms with van der Waals surface area (Å²) in [6.45, 7) is 1.45. The molecule has 28 heavy (non-hydrogen) atoms. The SMILES string of the molecule is CC(=O)c1cc(-c2ccc(Cl)cc2Cl)ccc1NC(O)c1ccc(Cl)cc1Cl. The highest BCUT2D eigenvalue weighted by atomic mass is 35.5. The van der Waals surface area contributed by atoms with Crippen LogP contribution in [0, 0.1) is 0 Å². The molecule has 0 bridgehead atoms. The maximum atomic E-state index is 12.2. The molecule has 0 spiro atoms. The van der Waals surface area contributed by atoms with Crippen LogP contribution in [0.4, 0.5) is 5.69 Å². The van der Waals surface area contributed by atoms with Crippen molar-refractivity contribution in [2.24, 2.45) is 0 Å². The molecule has 0 aliphatic rings. The van der Waals surface area contributed by atoms with Crippen LogP contribution in [0.25, 0.3) is 11.1 Å². The minimum atomic E-state index is -1.12. The Balaban J connectivity index is 1.96. The third kappa shape index (κ3) is 4.62. The predicted molar refractivity (Wildman–Crippen MR) is 117 cm³/mol. The zero-order valence-electron chi connectivity index (χ0n) is 14.6. The van der Waals surface area contributed by atoms with Gasteiger partial charge in [0, 0.05) is 42.5 Å². The fourth-order valence-electron chi connectivity index (χ4n) is 2.80. The van der Waals surface area contributed by atoms with Crippen molar-refractivity contribution >= 4 is 57.9 Å². The van der Waals surface area contributed by atoms with Crippen LogP contribution < -0.4 is 5.32 Å². The van der Waals surface area contributed by atoms with E-state index in [1.165, 1.54) is 6.92 Å². The molecule has 0 saturated carbocycles. The number of hydrogen-bond donors (Lipinski definition) is 2. The summed E-state index contributed by atoms with van der Waals surface area (Å²) in [6.07, 6.45) is -1.12. The number of halogens is 4. The molecular formula is C21H15Cl4NO2. The molecular weight excluding hydrogens is 440 g/mol. The normalized spacial score (nSPS) is 11.9. The second kappa shape index (κ2) is 8.73. The summed E-state index contributed by atoms with van der Waals surface area (Å²) < 4.78 is 0. The fourth-order valence-corrected chi connectivity index (χ4v) is 3.83. The van der Waals surface area contributed by atoms with Gasteiger partial charge >= 0.3 is 0 Å². The molecule has 0 amide bonds. The molecule has 0 aliphatic heterocycles. The number of hydrogen-bond acceptors (Lipinski definition) is 3. The van der Waals surface area contributed by atoms with Crippen molar-refractivity contribution in [3.8, 4) is 11.1 Å². The average Bonchev–Trinajstić information content (AvgIpc) is 2.62. The number of aliphatic hydroxyl groups is 1. The first-order chi connectivity index (χ1) is 13.3. The van der Waals surface area contributed by atoms with E-state index in [2.05, 4.69) is 5.32 Å². The lowest BCUT2D eigenvalue weighted by atomic mass is 9.99. The number of aliphatic hydroxyl groups excluding tert-OH is 1. The summed E-state index contributed by atoms with van der Waals surface area (Å²) >= 11 is 24.3. The average molecular weight is 455 g/mol. The van der Waals surface area contributed by atoms with Crippen molar-refractivity contribution in [1.29, 1.82) is 0 Å². The number of carbonyl (C=O) groups excluding carboxylic acids is 1. The molecule has 3 rings (SSSR count). The summed E-state index contributed by atoms with van der Waals surface area (Å²) in [7, 11) is 0. The van der Waals surface area contributed by atoms with Crippen LogP contribution in [0.2, 0.25) is 20.1 Å². The summed E-state index contributed by atoms with van der Waals surface area (Å²) in [5, 5.41) is 15.3. The first-order valence-corrected chi connectivity index (χ1v) is 9.77. The predicted octanol–water partition coefficient (Wildman–Crippen LogP) is 7.27. The number of anilines is 1. The highest BCUT2D eigenvalue weighted by molar-refractivity contribution is 6.36. The number of nitrogens with one attached hydrogen (secondary N) is 1. The van der Waals surface area contributed by atoms with Crippen LogP contribution in [0.1, 0.15) is 29.1 Å². The molecule has 2 N–H and O–H groups in total. The van der Waals surface area contributed by atoms with Gasteiger partial charge in [0.2, 0.25) is 0 Å². The Hall–Kier alpha value is -1.75. The van der Waals surface area contributed by atoms with Crippen LogP contribution in [-0.4, -0.2) is 10.9 Å². The second-order valence-corrected chi connectivity index (χ2v) is 7.84. The lowest BCUT2D eigenvalue weighted by Gasteiger charge is -2.19. The number of carbonyl (C=O) groups is 1. The van der Waals surface area contributed by atoms with Gasteiger partial charge in [-0.2, -0.15) is 0 Å². The van der Waals surface area contributed by atoms with Crippen LogP contribution in [-0.2, 0) is 0 Å². The Morgan fingerprint density at radius 3 is 2.14 bits per heavy atom. The van der Waals surface area contributed by atoms with Gasteiger partial charge in [0.15, 0.2) is 12.0 Å². The van der Waals surface area contributed by atoms with Crippen molar-refractivity contribution in [3.05, 3.63) is 85.8 Å². The molecule has 1 atom stereocenters. The first-order valence-electron chi connectivity index (χ1n) is 8.26. The minimum absolute atomic E-state index is 0.163. The molecule has 0 aromatic heterocycles. The van der Waals surface area contributed by atoms with E-state index in [9.17, 15) is 9.90 Å². The highest BCUT2D eigenvalue weighted by Gasteiger charge is 2.16. The third-order valence-corrected chi connectivity index (χ3v) is 5.30. The lowest BCUT2D eigenvalue weighted by molar-refractivity contribution is 0.101. The fraction of sp³-hybridized carbons (Fsp3) is 0.0952. The first kappa shape index (κ1) is 21.0. The number of rotatable bonds is 5. The third-order valence-electron chi connectivity index (χ3n) is 4.19. The van der Waals surface area contributed by atoms with Crippen molar-refractivity contribution in [2.45, 2.75) is 13.2 Å². The van der Waals surface area contributed by atoms with Crippen molar-refractivity contribution < 1.29 is 9.90 Å². The van der Waals surface area contributed by atoms with Crippen molar-refractivity contribution in [3.63, 3.8) is 0 Å². The van der Waals surface area contributed by atoms with Crippen LogP contribution in [0.3, 0.4) is 0 Å². The number of benzene rings is 3. The Bertz CT molecular complexity index is 1050. The van der Waals surface area contributed by atoms with Gasteiger partial charge in [-0.15, -0.1) is 0 Å². The summed E-state index contributed by atoms with van der Waals surface area (Å²) in [5.74, 6) is -0.163. The largest absolute Gasteiger partial charge is 0.369 e. The number of Topliss-reactive ketones (excluding diaryl/α,β-unsaturated/α-hetero) is 1. The Labute approximate surface area is 182 Å². The van der Waals surface area contributed by atoms with Crippen molar-refractivity contribution in [1.82, 2.24) is 0 Å². The van der Waals surface area contributed by atoms with E-state index in [-0.39, 0.29) is 5.78 Å². The van der Waals surface area contributed by atoms with Gasteiger partial charge in [-0.3, -0.25) is 4.79 Å². The van der Waals surface area contributed by atoms with Crippen LogP contribution >= 0.6 is 46.4 Å². The maximum Gasteiger partial charge on any atom is 0.161 e. The highest BCUT2D eigenvalue weighted by Crippen LogP contribution is 2.34. The topological polar surface area (TPSA) is 49.3 Å². The Morgan fingerprint density at radius 1 is 0.893 bits per heavy atom. The molecule has 7 heteroatoms. The maximum absolute atomic E-state index is 12.2. The standard InChI is InChI=1S/C21H15Cl4NO2/c1-11(27)17-8-12(15-5-3-13(22)9-18(15)24)2-7-20(17)26-21(28)16-6-4-14(23)10-19(16)25/h2-10,21,26,28H,1H3. The van der Waals surface area contributed by atoms with Gasteiger partial charge in [0.05, 0.1) is 0 Å². The Kier molecular flexibility index (Phi) is 6.54.